The number of hydrogen-bond donors (Lipinski definition) is 3. The zero-order valence-corrected chi connectivity index (χ0v) is 13.0. The van der Waals surface area contributed by atoms with Crippen molar-refractivity contribution in [3.63, 3.8) is 0 Å². The molecular formula is C18H14F2N4O. The topological polar surface area (TPSA) is 66.1 Å². The maximum atomic E-state index is 13.2. The first kappa shape index (κ1) is 16.4. The quantitative estimate of drug-likeness (QED) is 0.642. The molecule has 0 aliphatic rings. The summed E-state index contributed by atoms with van der Waals surface area (Å²) in [5.74, 6) is -1.49. The standard InChI is InChI=1S/C18H14F2N4O/c19-15-8-6-13(10-16(15)20)22-14-7-9-17(21-11-14)24-18(25)23-12-4-2-1-3-5-12/h1-11,22H,(H2,21,23,24,25). The molecule has 0 saturated heterocycles. The van der Waals surface area contributed by atoms with E-state index in [0.717, 1.165) is 12.1 Å². The number of benzene rings is 2. The van der Waals surface area contributed by atoms with E-state index in [1.165, 1.54) is 12.3 Å². The molecular weight excluding hydrogens is 326 g/mol. The normalized spacial score (nSPS) is 10.2. The molecule has 3 rings (SSSR count). The first-order valence-corrected chi connectivity index (χ1v) is 7.41. The fourth-order valence-electron chi connectivity index (χ4n) is 2.08. The van der Waals surface area contributed by atoms with Gasteiger partial charge in [-0.3, -0.25) is 5.32 Å². The van der Waals surface area contributed by atoms with Gasteiger partial charge >= 0.3 is 6.03 Å². The Hall–Kier alpha value is -3.48. The molecule has 0 unspecified atom stereocenters. The van der Waals surface area contributed by atoms with Crippen LogP contribution in [0.2, 0.25) is 0 Å². The summed E-state index contributed by atoms with van der Waals surface area (Å²) < 4.78 is 26.1. The van der Waals surface area contributed by atoms with Gasteiger partial charge in [0.15, 0.2) is 11.6 Å². The van der Waals surface area contributed by atoms with Gasteiger partial charge in [-0.25, -0.2) is 18.6 Å². The second kappa shape index (κ2) is 7.39. The lowest BCUT2D eigenvalue weighted by Crippen LogP contribution is -2.19. The van der Waals surface area contributed by atoms with Crippen molar-refractivity contribution >= 4 is 28.9 Å². The van der Waals surface area contributed by atoms with Gasteiger partial charge in [0.2, 0.25) is 0 Å². The van der Waals surface area contributed by atoms with Crippen LogP contribution in [0.4, 0.5) is 36.5 Å². The van der Waals surface area contributed by atoms with Crippen LogP contribution in [0.15, 0.2) is 66.9 Å². The zero-order valence-electron chi connectivity index (χ0n) is 13.0. The Labute approximate surface area is 142 Å². The largest absolute Gasteiger partial charge is 0.354 e. The number of anilines is 4. The molecule has 0 radical (unpaired) electrons. The lowest BCUT2D eigenvalue weighted by molar-refractivity contribution is 0.262. The molecule has 7 heteroatoms. The number of carbonyl (C=O) groups is 1. The number of rotatable bonds is 4. The first-order valence-electron chi connectivity index (χ1n) is 7.41. The Morgan fingerprint density at radius 3 is 2.24 bits per heavy atom. The number of aromatic nitrogens is 1. The summed E-state index contributed by atoms with van der Waals surface area (Å²) in [6, 6.07) is 15.3. The van der Waals surface area contributed by atoms with Crippen molar-refractivity contribution < 1.29 is 13.6 Å². The molecule has 25 heavy (non-hydrogen) atoms. The maximum Gasteiger partial charge on any atom is 0.324 e. The third-order valence-electron chi connectivity index (χ3n) is 3.25. The highest BCUT2D eigenvalue weighted by Crippen LogP contribution is 2.19. The summed E-state index contributed by atoms with van der Waals surface area (Å²) in [5.41, 5.74) is 1.62. The maximum absolute atomic E-state index is 13.2. The fourth-order valence-corrected chi connectivity index (χ4v) is 2.08. The van der Waals surface area contributed by atoms with Gasteiger partial charge in [-0.15, -0.1) is 0 Å². The number of pyridine rings is 1. The number of carbonyl (C=O) groups excluding carboxylic acids is 1. The average molecular weight is 340 g/mol. The Balaban J connectivity index is 1.60. The van der Waals surface area contributed by atoms with Gasteiger partial charge in [0.25, 0.3) is 0 Å². The van der Waals surface area contributed by atoms with Crippen molar-refractivity contribution in [1.29, 1.82) is 0 Å². The molecule has 1 heterocycles. The minimum atomic E-state index is -0.936. The first-order chi connectivity index (χ1) is 12.1. The molecule has 0 aliphatic carbocycles. The monoisotopic (exact) mass is 340 g/mol. The predicted octanol–water partition coefficient (Wildman–Crippen LogP) is 4.75. The molecule has 2 aromatic carbocycles. The van der Waals surface area contributed by atoms with Crippen molar-refractivity contribution in [3.05, 3.63) is 78.5 Å². The van der Waals surface area contributed by atoms with Crippen LogP contribution in [0, 0.1) is 11.6 Å². The lowest BCUT2D eigenvalue weighted by atomic mass is 10.3. The lowest BCUT2D eigenvalue weighted by Gasteiger charge is -2.09. The number of nitrogens with one attached hydrogen (secondary N) is 3. The van der Waals surface area contributed by atoms with Crippen LogP contribution < -0.4 is 16.0 Å². The van der Waals surface area contributed by atoms with Crippen LogP contribution in [0.5, 0.6) is 0 Å². The van der Waals surface area contributed by atoms with Gasteiger partial charge in [0.1, 0.15) is 5.82 Å². The molecule has 0 bridgehead atoms. The average Bonchev–Trinajstić information content (AvgIpc) is 2.61. The smallest absolute Gasteiger partial charge is 0.324 e. The molecule has 2 amide bonds. The number of hydrogen-bond acceptors (Lipinski definition) is 3. The SMILES string of the molecule is O=C(Nc1ccccc1)Nc1ccc(Nc2ccc(F)c(F)c2)cn1. The Morgan fingerprint density at radius 2 is 1.56 bits per heavy atom. The van der Waals surface area contributed by atoms with Gasteiger partial charge in [-0.05, 0) is 36.4 Å². The molecule has 0 atom stereocenters. The summed E-state index contributed by atoms with van der Waals surface area (Å²) in [6.45, 7) is 0. The summed E-state index contributed by atoms with van der Waals surface area (Å²) in [5, 5.41) is 8.17. The van der Waals surface area contributed by atoms with E-state index in [0.29, 0.717) is 22.9 Å². The van der Waals surface area contributed by atoms with E-state index in [-0.39, 0.29) is 0 Å². The Kier molecular flexibility index (Phi) is 4.84. The van der Waals surface area contributed by atoms with Gasteiger partial charge in [-0.1, -0.05) is 18.2 Å². The zero-order chi connectivity index (χ0) is 17.6. The molecule has 5 nitrogen and oxygen atoms in total. The third kappa shape index (κ3) is 4.51. The van der Waals surface area contributed by atoms with Gasteiger partial charge in [0.05, 0.1) is 11.9 Å². The van der Waals surface area contributed by atoms with Crippen LogP contribution in [-0.2, 0) is 0 Å². The van der Waals surface area contributed by atoms with E-state index >= 15 is 0 Å². The van der Waals surface area contributed by atoms with Gasteiger partial charge < -0.3 is 10.6 Å². The van der Waals surface area contributed by atoms with Crippen molar-refractivity contribution in [2.75, 3.05) is 16.0 Å². The summed E-state index contributed by atoms with van der Waals surface area (Å²) >= 11 is 0. The molecule has 3 aromatic rings. The van der Waals surface area contributed by atoms with E-state index < -0.39 is 17.7 Å². The molecule has 1 aromatic heterocycles. The number of urea groups is 1. The van der Waals surface area contributed by atoms with Crippen molar-refractivity contribution in [2.45, 2.75) is 0 Å². The fraction of sp³-hybridized carbons (Fsp3) is 0. The highest BCUT2D eigenvalue weighted by atomic mass is 19.2. The molecule has 3 N–H and O–H groups in total. The highest BCUT2D eigenvalue weighted by molar-refractivity contribution is 5.99. The Morgan fingerprint density at radius 1 is 0.800 bits per heavy atom. The number of amides is 2. The van der Waals surface area contributed by atoms with Crippen molar-refractivity contribution in [1.82, 2.24) is 4.98 Å². The van der Waals surface area contributed by atoms with Crippen LogP contribution in [0.1, 0.15) is 0 Å². The third-order valence-corrected chi connectivity index (χ3v) is 3.25. The minimum Gasteiger partial charge on any atom is -0.354 e. The summed E-state index contributed by atoms with van der Waals surface area (Å²) in [4.78, 5) is 16.0. The van der Waals surface area contributed by atoms with Crippen LogP contribution in [0.3, 0.4) is 0 Å². The number of para-hydroxylation sites is 1. The van der Waals surface area contributed by atoms with Crippen LogP contribution in [0.25, 0.3) is 0 Å². The summed E-state index contributed by atoms with van der Waals surface area (Å²) in [7, 11) is 0. The van der Waals surface area contributed by atoms with Crippen molar-refractivity contribution in [2.24, 2.45) is 0 Å². The molecule has 0 fully saturated rings. The van der Waals surface area contributed by atoms with Crippen molar-refractivity contribution in [3.8, 4) is 0 Å². The van der Waals surface area contributed by atoms with E-state index in [4.69, 9.17) is 0 Å². The second-order valence-electron chi connectivity index (χ2n) is 5.13. The minimum absolute atomic E-state index is 0.351. The molecule has 0 saturated carbocycles. The number of halogens is 2. The highest BCUT2D eigenvalue weighted by Gasteiger charge is 2.05. The second-order valence-corrected chi connectivity index (χ2v) is 5.13. The van der Waals surface area contributed by atoms with E-state index in [2.05, 4.69) is 20.9 Å². The molecule has 0 spiro atoms. The van der Waals surface area contributed by atoms with Crippen LogP contribution in [-0.4, -0.2) is 11.0 Å². The van der Waals surface area contributed by atoms with Gasteiger partial charge in [-0.2, -0.15) is 0 Å². The van der Waals surface area contributed by atoms with Gasteiger partial charge in [0, 0.05) is 17.4 Å². The van der Waals surface area contributed by atoms with Crippen LogP contribution >= 0.6 is 0 Å². The molecule has 0 aliphatic heterocycles. The predicted molar refractivity (Wildman–Crippen MR) is 93.0 cm³/mol. The van der Waals surface area contributed by atoms with E-state index in [9.17, 15) is 13.6 Å². The van der Waals surface area contributed by atoms with E-state index in [1.807, 2.05) is 18.2 Å². The summed E-state index contributed by atoms with van der Waals surface area (Å²) in [6.07, 6.45) is 1.47. The number of nitrogens with zero attached hydrogens (tertiary/aromatic N) is 1. The Bertz CT molecular complexity index is 870. The van der Waals surface area contributed by atoms with E-state index in [1.54, 1.807) is 24.3 Å². The molecule has 126 valence electrons.